The Labute approximate surface area is 132 Å². The van der Waals surface area contributed by atoms with Gasteiger partial charge in [0.1, 0.15) is 5.82 Å². The maximum Gasteiger partial charge on any atom is 0.257 e. The molecule has 0 bridgehead atoms. The van der Waals surface area contributed by atoms with E-state index in [2.05, 4.69) is 21.2 Å². The molecular formula is C14H17BrClFN2O. The zero-order valence-electron chi connectivity index (χ0n) is 10.9. The molecule has 1 amide bonds. The number of carbonyl (C=O) groups excluding carboxylic acids is 1. The number of nitrogens with zero attached hydrogens (tertiary/aromatic N) is 1. The Morgan fingerprint density at radius 1 is 1.35 bits per heavy atom. The van der Waals surface area contributed by atoms with Gasteiger partial charge in [-0.25, -0.2) is 4.39 Å². The quantitative estimate of drug-likeness (QED) is 0.832. The van der Waals surface area contributed by atoms with Gasteiger partial charge in [0.15, 0.2) is 0 Å². The minimum atomic E-state index is -0.453. The van der Waals surface area contributed by atoms with Crippen molar-refractivity contribution in [2.24, 2.45) is 11.8 Å². The minimum absolute atomic E-state index is 0. The van der Waals surface area contributed by atoms with Crippen LogP contribution in [0.15, 0.2) is 22.7 Å². The molecule has 2 heterocycles. The molecule has 0 aromatic heterocycles. The summed E-state index contributed by atoms with van der Waals surface area (Å²) in [5.74, 6) is 0.540. The second kappa shape index (κ2) is 6.41. The number of hydrogen-bond acceptors (Lipinski definition) is 2. The van der Waals surface area contributed by atoms with E-state index in [1.165, 1.54) is 6.07 Å². The Morgan fingerprint density at radius 2 is 2.10 bits per heavy atom. The molecule has 6 heteroatoms. The lowest BCUT2D eigenvalue weighted by Gasteiger charge is -2.34. The number of rotatable bonds is 1. The molecule has 0 spiro atoms. The predicted octanol–water partition coefficient (Wildman–Crippen LogP) is 2.69. The van der Waals surface area contributed by atoms with Crippen LogP contribution in [0.2, 0.25) is 0 Å². The van der Waals surface area contributed by atoms with Crippen molar-refractivity contribution in [2.45, 2.75) is 6.42 Å². The Bertz CT molecular complexity index is 494. The van der Waals surface area contributed by atoms with Crippen molar-refractivity contribution in [2.75, 3.05) is 26.2 Å². The molecule has 2 saturated heterocycles. The topological polar surface area (TPSA) is 32.3 Å². The number of amides is 1. The monoisotopic (exact) mass is 362 g/mol. The van der Waals surface area contributed by atoms with Gasteiger partial charge in [-0.2, -0.15) is 0 Å². The summed E-state index contributed by atoms with van der Waals surface area (Å²) < 4.78 is 14.4. The number of likely N-dealkylation sites (tertiary alicyclic amines) is 1. The lowest BCUT2D eigenvalue weighted by molar-refractivity contribution is 0.0637. The molecule has 0 radical (unpaired) electrons. The van der Waals surface area contributed by atoms with Gasteiger partial charge in [-0.05, 0) is 59.4 Å². The van der Waals surface area contributed by atoms with Crippen LogP contribution in [-0.2, 0) is 0 Å². The summed E-state index contributed by atoms with van der Waals surface area (Å²) in [5.41, 5.74) is 0.159. The van der Waals surface area contributed by atoms with E-state index in [9.17, 15) is 9.18 Å². The molecule has 0 aliphatic carbocycles. The van der Waals surface area contributed by atoms with Crippen LogP contribution in [0.1, 0.15) is 16.8 Å². The normalized spacial score (nSPS) is 25.0. The number of piperidine rings is 1. The Kier molecular flexibility index (Phi) is 5.04. The van der Waals surface area contributed by atoms with E-state index in [4.69, 9.17) is 0 Å². The van der Waals surface area contributed by atoms with Gasteiger partial charge in [0.25, 0.3) is 5.91 Å². The van der Waals surface area contributed by atoms with Gasteiger partial charge < -0.3 is 10.2 Å². The number of carbonyl (C=O) groups is 1. The average Bonchev–Trinajstić information content (AvgIpc) is 2.85. The Balaban J connectivity index is 0.00000147. The SMILES string of the molecule is Cl.O=C(c1c(F)cccc1Br)N1CCC2CNCC2C1. The molecule has 2 fully saturated rings. The van der Waals surface area contributed by atoms with Crippen molar-refractivity contribution in [3.63, 3.8) is 0 Å². The molecule has 2 aliphatic heterocycles. The third kappa shape index (κ3) is 2.85. The molecule has 1 aromatic rings. The van der Waals surface area contributed by atoms with Gasteiger partial charge in [0.05, 0.1) is 5.56 Å². The third-order valence-corrected chi connectivity index (χ3v) is 4.83. The first-order chi connectivity index (χ1) is 9.16. The molecule has 2 unspecified atom stereocenters. The lowest BCUT2D eigenvalue weighted by atomic mass is 9.88. The van der Waals surface area contributed by atoms with E-state index >= 15 is 0 Å². The van der Waals surface area contributed by atoms with Crippen molar-refractivity contribution < 1.29 is 9.18 Å². The summed E-state index contributed by atoms with van der Waals surface area (Å²) in [7, 11) is 0. The highest BCUT2D eigenvalue weighted by atomic mass is 79.9. The first kappa shape index (κ1) is 15.7. The summed E-state index contributed by atoms with van der Waals surface area (Å²) in [5, 5.41) is 3.36. The number of hydrogen-bond donors (Lipinski definition) is 1. The van der Waals surface area contributed by atoms with E-state index in [0.717, 1.165) is 32.6 Å². The van der Waals surface area contributed by atoms with Gasteiger partial charge in [0, 0.05) is 17.6 Å². The summed E-state index contributed by atoms with van der Waals surface area (Å²) in [6.45, 7) is 3.47. The van der Waals surface area contributed by atoms with E-state index in [1.54, 1.807) is 17.0 Å². The van der Waals surface area contributed by atoms with Crippen molar-refractivity contribution in [3.8, 4) is 0 Å². The van der Waals surface area contributed by atoms with Crippen molar-refractivity contribution in [1.82, 2.24) is 10.2 Å². The van der Waals surface area contributed by atoms with Gasteiger partial charge >= 0.3 is 0 Å². The van der Waals surface area contributed by atoms with Crippen LogP contribution < -0.4 is 5.32 Å². The highest BCUT2D eigenvalue weighted by Crippen LogP contribution is 2.29. The molecular weight excluding hydrogens is 347 g/mol. The molecule has 20 heavy (non-hydrogen) atoms. The smallest absolute Gasteiger partial charge is 0.257 e. The van der Waals surface area contributed by atoms with Gasteiger partial charge in [-0.1, -0.05) is 6.07 Å². The molecule has 3 rings (SSSR count). The number of fused-ring (bicyclic) bond motifs is 1. The largest absolute Gasteiger partial charge is 0.338 e. The second-order valence-electron chi connectivity index (χ2n) is 5.31. The van der Waals surface area contributed by atoms with Crippen LogP contribution in [0.3, 0.4) is 0 Å². The first-order valence-electron chi connectivity index (χ1n) is 6.61. The fourth-order valence-corrected chi connectivity index (χ4v) is 3.59. The molecule has 2 atom stereocenters. The maximum absolute atomic E-state index is 13.8. The Morgan fingerprint density at radius 3 is 2.85 bits per heavy atom. The van der Waals surface area contributed by atoms with Crippen LogP contribution >= 0.6 is 28.3 Å². The Hall–Kier alpha value is -0.650. The van der Waals surface area contributed by atoms with E-state index in [-0.39, 0.29) is 23.9 Å². The van der Waals surface area contributed by atoms with Crippen molar-refractivity contribution >= 4 is 34.2 Å². The van der Waals surface area contributed by atoms with Crippen LogP contribution in [0.5, 0.6) is 0 Å². The van der Waals surface area contributed by atoms with Crippen LogP contribution in [0.25, 0.3) is 0 Å². The standard InChI is InChI=1S/C14H16BrFN2O.ClH/c15-11-2-1-3-12(16)13(11)14(19)18-5-4-9-6-17-7-10(9)8-18;/h1-3,9-10,17H,4-8H2;1H. The summed E-state index contributed by atoms with van der Waals surface area (Å²) in [6.07, 6.45) is 1.01. The van der Waals surface area contributed by atoms with Crippen molar-refractivity contribution in [3.05, 3.63) is 34.1 Å². The highest BCUT2D eigenvalue weighted by molar-refractivity contribution is 9.10. The summed E-state index contributed by atoms with van der Waals surface area (Å²) >= 11 is 3.27. The fourth-order valence-electron chi connectivity index (χ4n) is 3.08. The fraction of sp³-hybridized carbons (Fsp3) is 0.500. The maximum atomic E-state index is 13.8. The van der Waals surface area contributed by atoms with E-state index in [1.807, 2.05) is 0 Å². The van der Waals surface area contributed by atoms with Crippen LogP contribution in [0.4, 0.5) is 4.39 Å². The predicted molar refractivity (Wildman–Crippen MR) is 81.7 cm³/mol. The van der Waals surface area contributed by atoms with Crippen LogP contribution in [0, 0.1) is 17.7 Å². The van der Waals surface area contributed by atoms with Gasteiger partial charge in [0.2, 0.25) is 0 Å². The molecule has 1 aromatic carbocycles. The van der Waals surface area contributed by atoms with E-state index in [0.29, 0.717) is 16.3 Å². The molecule has 1 N–H and O–H groups in total. The van der Waals surface area contributed by atoms with Gasteiger partial charge in [-0.15, -0.1) is 12.4 Å². The minimum Gasteiger partial charge on any atom is -0.338 e. The zero-order valence-corrected chi connectivity index (χ0v) is 13.3. The molecule has 2 aliphatic rings. The molecule has 110 valence electrons. The lowest BCUT2D eigenvalue weighted by Crippen LogP contribution is -2.43. The number of halogens is 3. The number of benzene rings is 1. The zero-order chi connectivity index (χ0) is 13.4. The molecule has 0 saturated carbocycles. The highest BCUT2D eigenvalue weighted by Gasteiger charge is 2.35. The summed E-state index contributed by atoms with van der Waals surface area (Å²) in [6, 6.07) is 4.64. The van der Waals surface area contributed by atoms with E-state index < -0.39 is 5.82 Å². The third-order valence-electron chi connectivity index (χ3n) is 4.17. The second-order valence-corrected chi connectivity index (χ2v) is 6.17. The number of nitrogens with one attached hydrogen (secondary N) is 1. The van der Waals surface area contributed by atoms with Crippen molar-refractivity contribution in [1.29, 1.82) is 0 Å². The van der Waals surface area contributed by atoms with Gasteiger partial charge in [-0.3, -0.25) is 4.79 Å². The van der Waals surface area contributed by atoms with Crippen LogP contribution in [-0.4, -0.2) is 37.0 Å². The molecule has 3 nitrogen and oxygen atoms in total. The first-order valence-corrected chi connectivity index (χ1v) is 7.40. The average molecular weight is 364 g/mol. The summed E-state index contributed by atoms with van der Waals surface area (Å²) in [4.78, 5) is 14.3.